The topological polar surface area (TPSA) is 26.3 Å². The first kappa shape index (κ1) is 16.2. The molecular weight excluding hydrogens is 214 g/mol. The van der Waals surface area contributed by atoms with E-state index in [-0.39, 0.29) is 5.97 Å². The van der Waals surface area contributed by atoms with E-state index in [0.29, 0.717) is 6.61 Å². The van der Waals surface area contributed by atoms with Crippen molar-refractivity contribution in [1.82, 2.24) is 0 Å². The molecule has 17 heavy (non-hydrogen) atoms. The molecule has 0 fully saturated rings. The number of carbonyl (C=O) groups is 1. The van der Waals surface area contributed by atoms with Crippen LogP contribution in [0.3, 0.4) is 0 Å². The van der Waals surface area contributed by atoms with Gasteiger partial charge in [-0.2, -0.15) is 0 Å². The summed E-state index contributed by atoms with van der Waals surface area (Å²) in [5.74, 6) is -0.227. The molecular formula is C14H28NO2+. The van der Waals surface area contributed by atoms with Crippen molar-refractivity contribution in [3.05, 3.63) is 12.2 Å². The zero-order chi connectivity index (χ0) is 13.1. The molecule has 0 aromatic rings. The Balaban J connectivity index is 4.19. The zero-order valence-electron chi connectivity index (χ0n) is 11.9. The van der Waals surface area contributed by atoms with E-state index in [1.54, 1.807) is 6.08 Å². The van der Waals surface area contributed by atoms with E-state index < -0.39 is 0 Å². The molecule has 0 aromatic heterocycles. The predicted octanol–water partition coefficient (Wildman–Crippen LogP) is 2.76. The van der Waals surface area contributed by atoms with Crippen LogP contribution in [-0.2, 0) is 9.53 Å². The van der Waals surface area contributed by atoms with Crippen LogP contribution in [0.5, 0.6) is 0 Å². The number of esters is 1. The lowest BCUT2D eigenvalue weighted by molar-refractivity contribution is -0.926. The van der Waals surface area contributed by atoms with Gasteiger partial charge in [-0.25, -0.2) is 4.79 Å². The molecule has 0 rings (SSSR count). The van der Waals surface area contributed by atoms with Crippen LogP contribution in [0.25, 0.3) is 0 Å². The Kier molecular flexibility index (Phi) is 8.78. The maximum Gasteiger partial charge on any atom is 0.330 e. The maximum atomic E-state index is 11.2. The van der Waals surface area contributed by atoms with Crippen LogP contribution in [0.2, 0.25) is 0 Å². The fraction of sp³-hybridized carbons (Fsp3) is 0.786. The van der Waals surface area contributed by atoms with E-state index in [9.17, 15) is 4.79 Å². The molecule has 0 N–H and O–H groups in total. The van der Waals surface area contributed by atoms with Gasteiger partial charge >= 0.3 is 5.97 Å². The second kappa shape index (κ2) is 9.23. The zero-order valence-corrected chi connectivity index (χ0v) is 11.9. The monoisotopic (exact) mass is 242 g/mol. The fourth-order valence-electron chi connectivity index (χ4n) is 2.28. The number of allylic oxidation sites excluding steroid dienone is 1. The molecule has 0 spiro atoms. The quantitative estimate of drug-likeness (QED) is 0.353. The Morgan fingerprint density at radius 3 is 2.12 bits per heavy atom. The van der Waals surface area contributed by atoms with Crippen molar-refractivity contribution in [3.63, 3.8) is 0 Å². The minimum Gasteiger partial charge on any atom is -0.457 e. The number of quaternary nitrogens is 1. The summed E-state index contributed by atoms with van der Waals surface area (Å²) in [4.78, 5) is 11.2. The number of ether oxygens (including phenoxy) is 1. The highest BCUT2D eigenvalue weighted by atomic mass is 16.5. The number of rotatable bonds is 9. The van der Waals surface area contributed by atoms with E-state index in [1.807, 2.05) is 6.92 Å². The number of carbonyl (C=O) groups excluding carboxylic acids is 1. The van der Waals surface area contributed by atoms with Gasteiger partial charge in [0.05, 0.1) is 19.6 Å². The van der Waals surface area contributed by atoms with Gasteiger partial charge in [0.1, 0.15) is 13.2 Å². The third-order valence-corrected chi connectivity index (χ3v) is 3.18. The summed E-state index contributed by atoms with van der Waals surface area (Å²) in [5, 5.41) is 0. The van der Waals surface area contributed by atoms with Crippen molar-refractivity contribution in [1.29, 1.82) is 0 Å². The summed E-state index contributed by atoms with van der Waals surface area (Å²) in [6.45, 7) is 13.4. The lowest BCUT2D eigenvalue weighted by atomic mass is 10.2. The normalized spacial score (nSPS) is 12.0. The SMILES string of the molecule is CC=CC(=O)OCC[N+](CC)(CCC)CCC. The Labute approximate surface area is 106 Å². The fourth-order valence-corrected chi connectivity index (χ4v) is 2.28. The molecule has 0 saturated carbocycles. The van der Waals surface area contributed by atoms with Gasteiger partial charge < -0.3 is 9.22 Å². The lowest BCUT2D eigenvalue weighted by Crippen LogP contribution is -2.51. The molecule has 100 valence electrons. The first-order valence-electron chi connectivity index (χ1n) is 6.78. The van der Waals surface area contributed by atoms with Gasteiger partial charge in [-0.15, -0.1) is 0 Å². The maximum absolute atomic E-state index is 11.2. The average Bonchev–Trinajstić information content (AvgIpc) is 2.30. The van der Waals surface area contributed by atoms with Crippen LogP contribution in [-0.4, -0.2) is 43.2 Å². The van der Waals surface area contributed by atoms with Crippen LogP contribution in [0.15, 0.2) is 12.2 Å². The van der Waals surface area contributed by atoms with Crippen LogP contribution >= 0.6 is 0 Å². The highest BCUT2D eigenvalue weighted by molar-refractivity contribution is 5.81. The second-order valence-electron chi connectivity index (χ2n) is 4.50. The van der Waals surface area contributed by atoms with Crippen molar-refractivity contribution in [2.75, 3.05) is 32.8 Å². The molecule has 3 heteroatoms. The molecule has 0 atom stereocenters. The number of nitrogens with zero attached hydrogens (tertiary/aromatic N) is 1. The largest absolute Gasteiger partial charge is 0.457 e. The van der Waals surface area contributed by atoms with Gasteiger partial charge in [0, 0.05) is 6.08 Å². The van der Waals surface area contributed by atoms with Crippen molar-refractivity contribution >= 4 is 5.97 Å². The van der Waals surface area contributed by atoms with E-state index in [0.717, 1.165) is 17.6 Å². The summed E-state index contributed by atoms with van der Waals surface area (Å²) >= 11 is 0. The minimum absolute atomic E-state index is 0.227. The highest BCUT2D eigenvalue weighted by Crippen LogP contribution is 2.09. The Morgan fingerprint density at radius 2 is 1.71 bits per heavy atom. The summed E-state index contributed by atoms with van der Waals surface area (Å²) < 4.78 is 6.26. The number of hydrogen-bond acceptors (Lipinski definition) is 2. The standard InChI is InChI=1S/C14H28NO2/c1-5-9-14(16)17-13-12-15(8-4,10-6-2)11-7-3/h5,9H,6-8,10-13H2,1-4H3/q+1. The summed E-state index contributed by atoms with van der Waals surface area (Å²) in [6.07, 6.45) is 5.54. The third kappa shape index (κ3) is 6.47. The van der Waals surface area contributed by atoms with Gasteiger partial charge in [0.2, 0.25) is 0 Å². The molecule has 0 unspecified atom stereocenters. The van der Waals surface area contributed by atoms with Crippen molar-refractivity contribution in [3.8, 4) is 0 Å². The van der Waals surface area contributed by atoms with Crippen LogP contribution in [0, 0.1) is 0 Å². The molecule has 0 amide bonds. The van der Waals surface area contributed by atoms with E-state index >= 15 is 0 Å². The molecule has 0 aliphatic carbocycles. The molecule has 0 radical (unpaired) electrons. The van der Waals surface area contributed by atoms with Crippen molar-refractivity contribution < 1.29 is 14.0 Å². The molecule has 0 aliphatic rings. The van der Waals surface area contributed by atoms with Crippen molar-refractivity contribution in [2.45, 2.75) is 40.5 Å². The number of likely N-dealkylation sites (N-methyl/N-ethyl adjacent to an activating group) is 1. The molecule has 0 heterocycles. The summed E-state index contributed by atoms with van der Waals surface area (Å²) in [7, 11) is 0. The second-order valence-corrected chi connectivity index (χ2v) is 4.50. The average molecular weight is 242 g/mol. The van der Waals surface area contributed by atoms with Gasteiger partial charge in [0.25, 0.3) is 0 Å². The molecule has 0 aromatic carbocycles. The van der Waals surface area contributed by atoms with Crippen LogP contribution in [0.1, 0.15) is 40.5 Å². The first-order valence-corrected chi connectivity index (χ1v) is 6.78. The first-order chi connectivity index (χ1) is 8.14. The van der Waals surface area contributed by atoms with Gasteiger partial charge in [-0.05, 0) is 26.7 Å². The smallest absolute Gasteiger partial charge is 0.330 e. The molecule has 0 saturated heterocycles. The molecule has 0 bridgehead atoms. The minimum atomic E-state index is -0.227. The van der Waals surface area contributed by atoms with Crippen LogP contribution < -0.4 is 0 Å². The summed E-state index contributed by atoms with van der Waals surface area (Å²) in [5.41, 5.74) is 0. The molecule has 0 aliphatic heterocycles. The van der Waals surface area contributed by atoms with E-state index in [2.05, 4.69) is 20.8 Å². The lowest BCUT2D eigenvalue weighted by Gasteiger charge is -2.37. The van der Waals surface area contributed by atoms with Crippen LogP contribution in [0.4, 0.5) is 0 Å². The van der Waals surface area contributed by atoms with Gasteiger partial charge in [0.15, 0.2) is 0 Å². The van der Waals surface area contributed by atoms with E-state index in [4.69, 9.17) is 4.74 Å². The van der Waals surface area contributed by atoms with Crippen molar-refractivity contribution in [2.24, 2.45) is 0 Å². The number of hydrogen-bond donors (Lipinski definition) is 0. The van der Waals surface area contributed by atoms with Gasteiger partial charge in [-0.1, -0.05) is 19.9 Å². The Morgan fingerprint density at radius 1 is 1.12 bits per heavy atom. The third-order valence-electron chi connectivity index (χ3n) is 3.18. The highest BCUT2D eigenvalue weighted by Gasteiger charge is 2.23. The summed E-state index contributed by atoms with van der Waals surface area (Å²) in [6, 6.07) is 0. The van der Waals surface area contributed by atoms with Gasteiger partial charge in [-0.3, -0.25) is 0 Å². The van der Waals surface area contributed by atoms with E-state index in [1.165, 1.54) is 32.0 Å². The predicted molar refractivity (Wildman–Crippen MR) is 71.8 cm³/mol. The Bertz CT molecular complexity index is 230. The Hall–Kier alpha value is -0.830. The molecule has 3 nitrogen and oxygen atoms in total.